The predicted molar refractivity (Wildman–Crippen MR) is 101 cm³/mol. The van der Waals surface area contributed by atoms with Gasteiger partial charge in [0.2, 0.25) is 0 Å². The Morgan fingerprint density at radius 2 is 1.64 bits per heavy atom. The van der Waals surface area contributed by atoms with Gasteiger partial charge in [-0.2, -0.15) is 0 Å². The number of anilines is 1. The van der Waals surface area contributed by atoms with Crippen molar-refractivity contribution < 1.29 is 18.7 Å². The molecule has 28 heavy (non-hydrogen) atoms. The van der Waals surface area contributed by atoms with Crippen molar-refractivity contribution in [1.29, 1.82) is 0 Å². The zero-order valence-electron chi connectivity index (χ0n) is 15.0. The Kier molecular flexibility index (Phi) is 5.91. The molecule has 0 spiro atoms. The quantitative estimate of drug-likeness (QED) is 0.686. The average molecular weight is 380 g/mol. The van der Waals surface area contributed by atoms with Gasteiger partial charge in [0, 0.05) is 24.5 Å². The summed E-state index contributed by atoms with van der Waals surface area (Å²) in [4.78, 5) is 32.9. The summed E-state index contributed by atoms with van der Waals surface area (Å²) in [7, 11) is 1.53. The Morgan fingerprint density at radius 1 is 0.964 bits per heavy atom. The molecule has 2 N–H and O–H groups in total. The zero-order valence-corrected chi connectivity index (χ0v) is 15.0. The summed E-state index contributed by atoms with van der Waals surface area (Å²) in [6.45, 7) is 0.182. The van der Waals surface area contributed by atoms with Crippen LogP contribution >= 0.6 is 0 Å². The minimum absolute atomic E-state index is 0.0218. The number of methoxy groups -OCH3 is 1. The first-order valence-corrected chi connectivity index (χ1v) is 8.36. The molecule has 0 saturated carbocycles. The van der Waals surface area contributed by atoms with Crippen LogP contribution in [0.2, 0.25) is 0 Å². The molecule has 0 aliphatic rings. The van der Waals surface area contributed by atoms with Crippen molar-refractivity contribution in [1.82, 2.24) is 15.3 Å². The van der Waals surface area contributed by atoms with Gasteiger partial charge in [0.15, 0.2) is 11.5 Å². The molecule has 3 aromatic rings. The lowest BCUT2D eigenvalue weighted by atomic mass is 10.2. The molecule has 0 aliphatic carbocycles. The van der Waals surface area contributed by atoms with E-state index in [1.165, 1.54) is 31.6 Å². The summed E-state index contributed by atoms with van der Waals surface area (Å²) in [5.74, 6) is -0.637. The third kappa shape index (κ3) is 4.67. The van der Waals surface area contributed by atoms with Gasteiger partial charge in [-0.3, -0.25) is 9.59 Å². The number of hydrogen-bond acceptors (Lipinski definition) is 5. The second kappa shape index (κ2) is 8.72. The molecule has 3 rings (SSSR count). The number of benzene rings is 2. The van der Waals surface area contributed by atoms with Crippen LogP contribution in [0.3, 0.4) is 0 Å². The van der Waals surface area contributed by atoms with Crippen molar-refractivity contribution in [3.8, 4) is 5.75 Å². The second-order valence-corrected chi connectivity index (χ2v) is 5.75. The van der Waals surface area contributed by atoms with Crippen LogP contribution < -0.4 is 15.4 Å². The molecule has 142 valence electrons. The lowest BCUT2D eigenvalue weighted by Gasteiger charge is -2.10. The molecule has 1 aromatic heterocycles. The highest BCUT2D eigenvalue weighted by molar-refractivity contribution is 6.07. The van der Waals surface area contributed by atoms with E-state index in [0.717, 1.165) is 5.56 Å². The van der Waals surface area contributed by atoms with Gasteiger partial charge < -0.3 is 15.4 Å². The first-order valence-electron chi connectivity index (χ1n) is 8.36. The Hall–Kier alpha value is -3.81. The zero-order chi connectivity index (χ0) is 19.9. The molecule has 7 nitrogen and oxygen atoms in total. The Bertz CT molecular complexity index is 976. The number of halogens is 1. The van der Waals surface area contributed by atoms with Crippen molar-refractivity contribution in [3.05, 3.63) is 83.6 Å². The number of nitrogens with one attached hydrogen (secondary N) is 2. The number of nitrogens with zero attached hydrogens (tertiary/aromatic N) is 2. The van der Waals surface area contributed by atoms with Crippen LogP contribution in [0.15, 0.2) is 60.9 Å². The summed E-state index contributed by atoms with van der Waals surface area (Å²) < 4.78 is 18.0. The molecule has 8 heteroatoms. The highest BCUT2D eigenvalue weighted by atomic mass is 19.1. The minimum Gasteiger partial charge on any atom is -0.497 e. The molecular weight excluding hydrogens is 363 g/mol. The van der Waals surface area contributed by atoms with Gasteiger partial charge in [0.25, 0.3) is 11.8 Å². The molecular formula is C20H17FN4O3. The highest BCUT2D eigenvalue weighted by Crippen LogP contribution is 2.14. The van der Waals surface area contributed by atoms with E-state index in [1.54, 1.807) is 36.4 Å². The van der Waals surface area contributed by atoms with E-state index in [1.807, 2.05) is 0 Å². The van der Waals surface area contributed by atoms with Crippen LogP contribution in [0.25, 0.3) is 0 Å². The summed E-state index contributed by atoms with van der Waals surface area (Å²) in [5, 5.41) is 5.26. The number of carbonyl (C=O) groups is 2. The maximum absolute atomic E-state index is 13.0. The van der Waals surface area contributed by atoms with E-state index in [0.29, 0.717) is 11.3 Å². The Morgan fingerprint density at radius 3 is 2.32 bits per heavy atom. The number of amides is 2. The van der Waals surface area contributed by atoms with Crippen molar-refractivity contribution in [2.45, 2.75) is 6.54 Å². The van der Waals surface area contributed by atoms with Gasteiger partial charge in [-0.25, -0.2) is 14.4 Å². The lowest BCUT2D eigenvalue weighted by molar-refractivity contribution is 0.0946. The Labute approximate surface area is 160 Å². The first-order chi connectivity index (χ1) is 13.6. The number of hydrogen-bond donors (Lipinski definition) is 2. The molecule has 0 unspecified atom stereocenters. The third-order valence-corrected chi connectivity index (χ3v) is 3.86. The molecule has 0 saturated heterocycles. The van der Waals surface area contributed by atoms with Gasteiger partial charge in [-0.05, 0) is 42.0 Å². The number of ether oxygens (including phenoxy) is 1. The first kappa shape index (κ1) is 19.0. The monoisotopic (exact) mass is 380 g/mol. The Balaban J connectivity index is 1.70. The fourth-order valence-corrected chi connectivity index (χ4v) is 2.39. The SMILES string of the molecule is COc1ccc(C(=O)Nc2nccnc2C(=O)NCc2ccc(F)cc2)cc1. The minimum atomic E-state index is -0.512. The van der Waals surface area contributed by atoms with Gasteiger partial charge in [0.05, 0.1) is 7.11 Å². The fraction of sp³-hybridized carbons (Fsp3) is 0.100. The molecule has 0 fully saturated rings. The van der Waals surface area contributed by atoms with Crippen molar-refractivity contribution in [2.24, 2.45) is 0 Å². The van der Waals surface area contributed by atoms with E-state index in [-0.39, 0.29) is 23.9 Å². The van der Waals surface area contributed by atoms with Gasteiger partial charge in [-0.1, -0.05) is 12.1 Å². The van der Waals surface area contributed by atoms with E-state index in [9.17, 15) is 14.0 Å². The van der Waals surface area contributed by atoms with E-state index >= 15 is 0 Å². The molecule has 1 heterocycles. The lowest BCUT2D eigenvalue weighted by Crippen LogP contribution is -2.26. The van der Waals surface area contributed by atoms with Crippen molar-refractivity contribution in [3.63, 3.8) is 0 Å². The normalized spacial score (nSPS) is 10.2. The summed E-state index contributed by atoms with van der Waals surface area (Å²) in [6, 6.07) is 12.3. The summed E-state index contributed by atoms with van der Waals surface area (Å²) in [5.41, 5.74) is 1.08. The number of aromatic nitrogens is 2. The van der Waals surface area contributed by atoms with Crippen LogP contribution in [0.4, 0.5) is 10.2 Å². The topological polar surface area (TPSA) is 93.2 Å². The third-order valence-electron chi connectivity index (χ3n) is 3.86. The smallest absolute Gasteiger partial charge is 0.274 e. The van der Waals surface area contributed by atoms with Gasteiger partial charge in [-0.15, -0.1) is 0 Å². The summed E-state index contributed by atoms with van der Waals surface area (Å²) >= 11 is 0. The van der Waals surface area contributed by atoms with Crippen LogP contribution in [0.5, 0.6) is 5.75 Å². The van der Waals surface area contributed by atoms with Crippen LogP contribution in [0.1, 0.15) is 26.4 Å². The maximum atomic E-state index is 13.0. The molecule has 2 amide bonds. The maximum Gasteiger partial charge on any atom is 0.274 e. The molecule has 2 aromatic carbocycles. The number of rotatable bonds is 6. The molecule has 0 atom stereocenters. The second-order valence-electron chi connectivity index (χ2n) is 5.75. The summed E-state index contributed by atoms with van der Waals surface area (Å²) in [6.07, 6.45) is 2.73. The highest BCUT2D eigenvalue weighted by Gasteiger charge is 2.17. The average Bonchev–Trinajstić information content (AvgIpc) is 2.73. The number of carbonyl (C=O) groups excluding carboxylic acids is 2. The largest absolute Gasteiger partial charge is 0.497 e. The molecule has 0 aliphatic heterocycles. The molecule has 0 bridgehead atoms. The van der Waals surface area contributed by atoms with Gasteiger partial charge >= 0.3 is 0 Å². The predicted octanol–water partition coefficient (Wildman–Crippen LogP) is 2.81. The van der Waals surface area contributed by atoms with Crippen LogP contribution in [-0.2, 0) is 6.54 Å². The standard InChI is InChI=1S/C20H17FN4O3/c1-28-16-8-4-14(5-9-16)19(26)25-18-17(22-10-11-23-18)20(27)24-12-13-2-6-15(21)7-3-13/h2-11H,12H2,1H3,(H,24,27)(H,23,25,26). The van der Waals surface area contributed by atoms with Crippen molar-refractivity contribution >= 4 is 17.6 Å². The van der Waals surface area contributed by atoms with Gasteiger partial charge in [0.1, 0.15) is 11.6 Å². The van der Waals surface area contributed by atoms with Crippen molar-refractivity contribution in [2.75, 3.05) is 12.4 Å². The van der Waals surface area contributed by atoms with Crippen LogP contribution in [0, 0.1) is 5.82 Å². The van der Waals surface area contributed by atoms with E-state index in [4.69, 9.17) is 4.74 Å². The van der Waals surface area contributed by atoms with E-state index < -0.39 is 11.8 Å². The van der Waals surface area contributed by atoms with Crippen LogP contribution in [-0.4, -0.2) is 28.9 Å². The van der Waals surface area contributed by atoms with E-state index in [2.05, 4.69) is 20.6 Å². The molecule has 0 radical (unpaired) electrons. The fourth-order valence-electron chi connectivity index (χ4n) is 2.39.